The van der Waals surface area contributed by atoms with Crippen LogP contribution < -0.4 is 0 Å². The van der Waals surface area contributed by atoms with Crippen LogP contribution in [-0.2, 0) is 6.42 Å². The van der Waals surface area contributed by atoms with E-state index in [-0.39, 0.29) is 5.89 Å². The maximum atomic E-state index is 12.3. The molecule has 18 heavy (non-hydrogen) atoms. The summed E-state index contributed by atoms with van der Waals surface area (Å²) in [5.41, 5.74) is 0. The summed E-state index contributed by atoms with van der Waals surface area (Å²) in [6.07, 6.45) is -5.80. The number of aliphatic hydroxyl groups excluding tert-OH is 1. The first-order chi connectivity index (χ1) is 8.21. The van der Waals surface area contributed by atoms with Crippen LogP contribution in [0.4, 0.5) is 13.2 Å². The van der Waals surface area contributed by atoms with Crippen LogP contribution in [0.5, 0.6) is 0 Å². The highest BCUT2D eigenvalue weighted by Crippen LogP contribution is 2.30. The molecular formula is C11H17F3N2O2. The summed E-state index contributed by atoms with van der Waals surface area (Å²) >= 11 is 0. The van der Waals surface area contributed by atoms with E-state index in [0.717, 1.165) is 6.42 Å². The molecule has 1 heterocycles. The van der Waals surface area contributed by atoms with Crippen LogP contribution in [0.15, 0.2) is 4.52 Å². The Kier molecular flexibility index (Phi) is 4.72. The standard InChI is InChI=1S/C11H17F3N2O2/c1-6(2)4-5-8-15-10(18-16-8)7(3)9(17)11(12,13)14/h6-7,9,17H,4-5H2,1-3H3. The third kappa shape index (κ3) is 3.97. The van der Waals surface area contributed by atoms with Crippen molar-refractivity contribution >= 4 is 0 Å². The minimum Gasteiger partial charge on any atom is -0.383 e. The Hall–Kier alpha value is -1.11. The third-order valence-corrected chi connectivity index (χ3v) is 2.63. The number of nitrogens with zero attached hydrogens (tertiary/aromatic N) is 2. The second kappa shape index (κ2) is 5.69. The van der Waals surface area contributed by atoms with Crippen molar-refractivity contribution < 1.29 is 22.8 Å². The number of aliphatic hydroxyl groups is 1. The molecule has 0 aromatic carbocycles. The lowest BCUT2D eigenvalue weighted by Crippen LogP contribution is -2.33. The highest BCUT2D eigenvalue weighted by atomic mass is 19.4. The monoisotopic (exact) mass is 266 g/mol. The van der Waals surface area contributed by atoms with Gasteiger partial charge in [-0.25, -0.2) is 0 Å². The second-order valence-electron chi connectivity index (χ2n) is 4.76. The van der Waals surface area contributed by atoms with Crippen molar-refractivity contribution in [1.82, 2.24) is 10.1 Å². The molecule has 0 saturated heterocycles. The lowest BCUT2D eigenvalue weighted by Gasteiger charge is -2.17. The van der Waals surface area contributed by atoms with Gasteiger partial charge < -0.3 is 9.63 Å². The van der Waals surface area contributed by atoms with Crippen LogP contribution in [-0.4, -0.2) is 27.5 Å². The van der Waals surface area contributed by atoms with Gasteiger partial charge in [-0.1, -0.05) is 25.9 Å². The highest BCUT2D eigenvalue weighted by molar-refractivity contribution is 4.97. The number of aromatic nitrogens is 2. The molecule has 0 aliphatic heterocycles. The number of rotatable bonds is 5. The Morgan fingerprint density at radius 3 is 2.39 bits per heavy atom. The smallest absolute Gasteiger partial charge is 0.383 e. The molecule has 0 aliphatic carbocycles. The molecule has 1 aromatic rings. The highest BCUT2D eigenvalue weighted by Gasteiger charge is 2.44. The summed E-state index contributed by atoms with van der Waals surface area (Å²) in [6.45, 7) is 5.26. The van der Waals surface area contributed by atoms with E-state index in [0.29, 0.717) is 18.2 Å². The van der Waals surface area contributed by atoms with Gasteiger partial charge in [0, 0.05) is 6.42 Å². The maximum absolute atomic E-state index is 12.3. The van der Waals surface area contributed by atoms with Gasteiger partial charge in [0.1, 0.15) is 0 Å². The Morgan fingerprint density at radius 2 is 1.89 bits per heavy atom. The largest absolute Gasteiger partial charge is 0.415 e. The number of aryl methyl sites for hydroxylation is 1. The van der Waals surface area contributed by atoms with E-state index in [1.165, 1.54) is 6.92 Å². The van der Waals surface area contributed by atoms with Gasteiger partial charge >= 0.3 is 6.18 Å². The van der Waals surface area contributed by atoms with Crippen molar-refractivity contribution in [2.75, 3.05) is 0 Å². The molecule has 0 aliphatic rings. The molecule has 1 N–H and O–H groups in total. The Balaban J connectivity index is 2.67. The number of halogens is 3. The first-order valence-electron chi connectivity index (χ1n) is 5.79. The summed E-state index contributed by atoms with van der Waals surface area (Å²) in [6, 6.07) is 0. The van der Waals surface area contributed by atoms with Gasteiger partial charge in [-0.2, -0.15) is 18.2 Å². The van der Waals surface area contributed by atoms with Gasteiger partial charge in [0.05, 0.1) is 5.92 Å². The number of hydrogen-bond donors (Lipinski definition) is 1. The van der Waals surface area contributed by atoms with Crippen LogP contribution in [0.2, 0.25) is 0 Å². The van der Waals surface area contributed by atoms with Gasteiger partial charge in [0.25, 0.3) is 0 Å². The molecule has 4 nitrogen and oxygen atoms in total. The van der Waals surface area contributed by atoms with Crippen molar-refractivity contribution in [3.63, 3.8) is 0 Å². The van der Waals surface area contributed by atoms with Crippen molar-refractivity contribution in [3.05, 3.63) is 11.7 Å². The molecule has 0 fully saturated rings. The predicted octanol–water partition coefficient (Wildman–Crippen LogP) is 2.68. The fourth-order valence-electron chi connectivity index (χ4n) is 1.39. The summed E-state index contributed by atoms with van der Waals surface area (Å²) in [5.74, 6) is -0.617. The predicted molar refractivity (Wildman–Crippen MR) is 57.9 cm³/mol. The van der Waals surface area contributed by atoms with E-state index >= 15 is 0 Å². The zero-order valence-electron chi connectivity index (χ0n) is 10.5. The molecule has 2 unspecified atom stereocenters. The van der Waals surface area contributed by atoms with Crippen molar-refractivity contribution in [2.45, 2.75) is 51.8 Å². The van der Waals surface area contributed by atoms with E-state index in [4.69, 9.17) is 9.63 Å². The molecular weight excluding hydrogens is 249 g/mol. The lowest BCUT2D eigenvalue weighted by atomic mass is 10.0. The summed E-state index contributed by atoms with van der Waals surface area (Å²) in [7, 11) is 0. The van der Waals surface area contributed by atoms with E-state index < -0.39 is 18.2 Å². The summed E-state index contributed by atoms with van der Waals surface area (Å²) < 4.78 is 41.7. The minimum atomic E-state index is -4.69. The van der Waals surface area contributed by atoms with Crippen molar-refractivity contribution in [1.29, 1.82) is 0 Å². The van der Waals surface area contributed by atoms with E-state index in [1.807, 2.05) is 13.8 Å². The molecule has 7 heteroatoms. The fourth-order valence-corrected chi connectivity index (χ4v) is 1.39. The van der Waals surface area contributed by atoms with E-state index in [1.54, 1.807) is 0 Å². The first kappa shape index (κ1) is 14.9. The Morgan fingerprint density at radius 1 is 1.28 bits per heavy atom. The third-order valence-electron chi connectivity index (χ3n) is 2.63. The van der Waals surface area contributed by atoms with Crippen LogP contribution in [0.1, 0.15) is 44.8 Å². The quantitative estimate of drug-likeness (QED) is 0.890. The first-order valence-corrected chi connectivity index (χ1v) is 5.79. The van der Waals surface area contributed by atoms with Gasteiger partial charge in [-0.15, -0.1) is 0 Å². The topological polar surface area (TPSA) is 59.2 Å². The Labute approximate surface area is 103 Å². The average molecular weight is 266 g/mol. The SMILES string of the molecule is CC(C)CCc1noc(C(C)C(O)C(F)(F)F)n1. The zero-order chi connectivity index (χ0) is 13.9. The molecule has 1 aromatic heterocycles. The summed E-state index contributed by atoms with van der Waals surface area (Å²) in [4.78, 5) is 3.88. The normalized spacial score (nSPS) is 16.0. The van der Waals surface area contributed by atoms with Crippen LogP contribution in [0.25, 0.3) is 0 Å². The molecule has 0 bridgehead atoms. The molecule has 104 valence electrons. The maximum Gasteiger partial charge on any atom is 0.415 e. The molecule has 0 amide bonds. The van der Waals surface area contributed by atoms with Gasteiger partial charge in [-0.3, -0.25) is 0 Å². The van der Waals surface area contributed by atoms with Crippen molar-refractivity contribution in [2.24, 2.45) is 5.92 Å². The van der Waals surface area contributed by atoms with Gasteiger partial charge in [0.2, 0.25) is 5.89 Å². The van der Waals surface area contributed by atoms with Crippen LogP contribution >= 0.6 is 0 Å². The zero-order valence-corrected chi connectivity index (χ0v) is 10.5. The van der Waals surface area contributed by atoms with E-state index in [9.17, 15) is 13.2 Å². The fraction of sp³-hybridized carbons (Fsp3) is 0.818. The number of alkyl halides is 3. The molecule has 2 atom stereocenters. The molecule has 1 rings (SSSR count). The molecule has 0 saturated carbocycles. The lowest BCUT2D eigenvalue weighted by molar-refractivity contribution is -0.210. The Bertz CT molecular complexity index is 377. The van der Waals surface area contributed by atoms with Crippen LogP contribution in [0, 0.1) is 5.92 Å². The van der Waals surface area contributed by atoms with Crippen molar-refractivity contribution in [3.8, 4) is 0 Å². The van der Waals surface area contributed by atoms with Gasteiger partial charge in [0.15, 0.2) is 11.9 Å². The van der Waals surface area contributed by atoms with E-state index in [2.05, 4.69) is 10.1 Å². The van der Waals surface area contributed by atoms with Crippen LogP contribution in [0.3, 0.4) is 0 Å². The summed E-state index contributed by atoms with van der Waals surface area (Å²) in [5, 5.41) is 12.7. The second-order valence-corrected chi connectivity index (χ2v) is 4.76. The molecule has 0 radical (unpaired) electrons. The number of hydrogen-bond acceptors (Lipinski definition) is 4. The average Bonchev–Trinajstić information content (AvgIpc) is 2.71. The minimum absolute atomic E-state index is 0.182. The van der Waals surface area contributed by atoms with Gasteiger partial charge in [-0.05, 0) is 12.3 Å². The molecule has 0 spiro atoms.